The highest BCUT2D eigenvalue weighted by Gasteiger charge is 2.19. The quantitative estimate of drug-likeness (QED) is 0.135. The first-order chi connectivity index (χ1) is 33.6. The van der Waals surface area contributed by atoms with Crippen molar-refractivity contribution in [3.63, 3.8) is 0 Å². The molecule has 0 unspecified atom stereocenters. The van der Waals surface area contributed by atoms with Gasteiger partial charge in [-0.3, -0.25) is 0 Å². The van der Waals surface area contributed by atoms with Crippen LogP contribution in [0.4, 0.5) is 0 Å². The van der Waals surface area contributed by atoms with Crippen molar-refractivity contribution in [1.82, 2.24) is 9.13 Å². The van der Waals surface area contributed by atoms with E-state index in [1.807, 2.05) is 0 Å². The molecule has 0 aliphatic carbocycles. The molecule has 68 heavy (non-hydrogen) atoms. The number of para-hydroxylation sites is 4. The van der Waals surface area contributed by atoms with Gasteiger partial charge in [0.1, 0.15) is 0 Å². The average molecular weight is 869 g/mol. The number of aryl methyl sites for hydroxylation is 2. The van der Waals surface area contributed by atoms with E-state index in [9.17, 15) is 0 Å². The summed E-state index contributed by atoms with van der Waals surface area (Å²) in [5, 5.41) is 10.1. The van der Waals surface area contributed by atoms with Gasteiger partial charge in [-0.1, -0.05) is 184 Å². The third-order valence-electron chi connectivity index (χ3n) is 14.5. The van der Waals surface area contributed by atoms with Crippen molar-refractivity contribution < 1.29 is 0 Å². The van der Waals surface area contributed by atoms with Crippen molar-refractivity contribution in [3.8, 4) is 55.9 Å². The minimum Gasteiger partial charge on any atom is -0.309 e. The Labute approximate surface area is 396 Å². The molecule has 2 heteroatoms. The maximum absolute atomic E-state index is 2.50. The molecule has 13 aromatic rings. The highest BCUT2D eigenvalue weighted by atomic mass is 15.0. The fraction of sp³-hybridized carbons (Fsp3) is 0.0606. The van der Waals surface area contributed by atoms with Crippen LogP contribution in [0, 0.1) is 0 Å². The maximum Gasteiger partial charge on any atom is 0.0541 e. The molecule has 0 aliphatic heterocycles. The molecule has 0 spiro atoms. The molecule has 0 radical (unpaired) electrons. The number of nitrogens with zero attached hydrogens (tertiary/aromatic N) is 2. The summed E-state index contributed by atoms with van der Waals surface area (Å²) in [6.45, 7) is 4.48. The van der Waals surface area contributed by atoms with Crippen LogP contribution in [0.2, 0.25) is 0 Å². The Bertz CT molecular complexity index is 3710. The molecular weight excluding hydrogens is 821 g/mol. The zero-order valence-electron chi connectivity index (χ0n) is 38.2. The fourth-order valence-electron chi connectivity index (χ4n) is 11.1. The van der Waals surface area contributed by atoms with Gasteiger partial charge in [-0.15, -0.1) is 0 Å². The van der Waals surface area contributed by atoms with Crippen molar-refractivity contribution in [3.05, 3.63) is 242 Å². The van der Waals surface area contributed by atoms with Gasteiger partial charge in [-0.2, -0.15) is 0 Å². The van der Waals surface area contributed by atoms with Gasteiger partial charge in [-0.25, -0.2) is 0 Å². The summed E-state index contributed by atoms with van der Waals surface area (Å²) in [6, 6.07) is 86.0. The van der Waals surface area contributed by atoms with E-state index in [4.69, 9.17) is 0 Å². The van der Waals surface area contributed by atoms with Crippen LogP contribution in [0.25, 0.3) is 121 Å². The Morgan fingerprint density at radius 3 is 0.882 bits per heavy atom. The molecule has 11 aromatic carbocycles. The number of rotatable bonds is 8. The summed E-state index contributed by atoms with van der Waals surface area (Å²) in [5.41, 5.74) is 19.6. The molecule has 13 rings (SSSR count). The van der Waals surface area contributed by atoms with Crippen LogP contribution in [-0.4, -0.2) is 9.13 Å². The zero-order valence-corrected chi connectivity index (χ0v) is 38.2. The normalized spacial score (nSPS) is 11.8. The Balaban J connectivity index is 1.03. The second kappa shape index (κ2) is 16.2. The molecule has 0 amide bonds. The van der Waals surface area contributed by atoms with Crippen molar-refractivity contribution in [2.45, 2.75) is 26.7 Å². The molecule has 2 nitrogen and oxygen atoms in total. The first-order valence-corrected chi connectivity index (χ1v) is 24.0. The number of hydrogen-bond acceptors (Lipinski definition) is 0. The molecule has 2 heterocycles. The van der Waals surface area contributed by atoms with E-state index in [-0.39, 0.29) is 0 Å². The Kier molecular flexibility index (Phi) is 9.47. The highest BCUT2D eigenvalue weighted by molar-refractivity contribution is 6.17. The van der Waals surface area contributed by atoms with Crippen LogP contribution >= 0.6 is 0 Å². The van der Waals surface area contributed by atoms with Gasteiger partial charge < -0.3 is 9.13 Å². The second-order valence-corrected chi connectivity index (χ2v) is 18.2. The topological polar surface area (TPSA) is 9.86 Å². The lowest BCUT2D eigenvalue weighted by Crippen LogP contribution is -1.95. The summed E-state index contributed by atoms with van der Waals surface area (Å²) in [4.78, 5) is 0. The number of aromatic nitrogens is 2. The predicted octanol–water partition coefficient (Wildman–Crippen LogP) is 18.0. The van der Waals surface area contributed by atoms with E-state index in [1.165, 1.54) is 121 Å². The second-order valence-electron chi connectivity index (χ2n) is 18.2. The minimum absolute atomic E-state index is 0.986. The van der Waals surface area contributed by atoms with Crippen LogP contribution < -0.4 is 0 Å². The molecule has 0 N–H and O–H groups in total. The van der Waals surface area contributed by atoms with Gasteiger partial charge in [0.2, 0.25) is 0 Å². The van der Waals surface area contributed by atoms with E-state index in [0.717, 1.165) is 24.2 Å². The molecular formula is C66H48N2. The van der Waals surface area contributed by atoms with Crippen LogP contribution in [0.5, 0.6) is 0 Å². The summed E-state index contributed by atoms with van der Waals surface area (Å²) >= 11 is 0. The first kappa shape index (κ1) is 39.9. The molecule has 0 fully saturated rings. The molecule has 0 saturated heterocycles. The SMILES string of the molecule is CCc1cccc(-c2ccc(-c3ccc(-n4c5ccccc5c5ccccc54)cc3)c3cc4c(-c5cccc(CC)c5)ccc(-c5ccc(-n6c7ccccc7c7ccccc76)cc5)c4cc23)c1. The molecule has 0 saturated carbocycles. The van der Waals surface area contributed by atoms with Gasteiger partial charge in [0.25, 0.3) is 0 Å². The van der Waals surface area contributed by atoms with Gasteiger partial charge in [0.05, 0.1) is 22.1 Å². The third kappa shape index (κ3) is 6.40. The summed E-state index contributed by atoms with van der Waals surface area (Å²) < 4.78 is 4.80. The van der Waals surface area contributed by atoms with Crippen LogP contribution in [-0.2, 0) is 12.8 Å². The number of benzene rings is 11. The average Bonchev–Trinajstić information content (AvgIpc) is 3.93. The van der Waals surface area contributed by atoms with Crippen molar-refractivity contribution in [2.75, 3.05) is 0 Å². The third-order valence-corrected chi connectivity index (χ3v) is 14.5. The van der Waals surface area contributed by atoms with Gasteiger partial charge in [-0.05, 0) is 151 Å². The largest absolute Gasteiger partial charge is 0.309 e. The van der Waals surface area contributed by atoms with Crippen LogP contribution in [0.1, 0.15) is 25.0 Å². The summed E-state index contributed by atoms with van der Waals surface area (Å²) in [7, 11) is 0. The number of hydrogen-bond donors (Lipinski definition) is 0. The van der Waals surface area contributed by atoms with Gasteiger partial charge >= 0.3 is 0 Å². The lowest BCUT2D eigenvalue weighted by Gasteiger charge is -2.19. The summed E-state index contributed by atoms with van der Waals surface area (Å²) in [6.07, 6.45) is 1.97. The van der Waals surface area contributed by atoms with Crippen LogP contribution in [0.15, 0.2) is 231 Å². The molecule has 322 valence electrons. The van der Waals surface area contributed by atoms with Gasteiger partial charge in [0.15, 0.2) is 0 Å². The minimum atomic E-state index is 0.986. The standard InChI is InChI=1S/C66H48N2/c1-3-43-15-13-17-47(39-43)53-37-35-51(45-27-31-49(32-28-45)67-63-23-9-5-19-55(63)56-20-6-10-24-64(56)67)59-42-62-54(48-18-14-16-44(4-2)40-48)38-36-52(60(62)41-61(53)59)46-29-33-50(34-30-46)68-65-25-11-7-21-57(65)58-22-8-12-26-66(58)68/h5-42H,3-4H2,1-2H3. The van der Waals surface area contributed by atoms with Crippen molar-refractivity contribution in [2.24, 2.45) is 0 Å². The van der Waals surface area contributed by atoms with E-state index >= 15 is 0 Å². The Hall–Kier alpha value is -8.46. The lowest BCUT2D eigenvalue weighted by molar-refractivity contribution is 1.14. The Morgan fingerprint density at radius 2 is 0.559 bits per heavy atom. The Morgan fingerprint density at radius 1 is 0.250 bits per heavy atom. The fourth-order valence-corrected chi connectivity index (χ4v) is 11.1. The molecule has 0 bridgehead atoms. The lowest BCUT2D eigenvalue weighted by atomic mass is 9.85. The maximum atomic E-state index is 2.50. The molecule has 2 aromatic heterocycles. The van der Waals surface area contributed by atoms with E-state index in [0.29, 0.717) is 0 Å². The van der Waals surface area contributed by atoms with Gasteiger partial charge in [0, 0.05) is 32.9 Å². The smallest absolute Gasteiger partial charge is 0.0541 e. The van der Waals surface area contributed by atoms with E-state index in [2.05, 4.69) is 254 Å². The highest BCUT2D eigenvalue weighted by Crippen LogP contribution is 2.44. The first-order valence-electron chi connectivity index (χ1n) is 24.0. The molecule has 0 atom stereocenters. The molecule has 0 aliphatic rings. The van der Waals surface area contributed by atoms with E-state index in [1.54, 1.807) is 0 Å². The zero-order chi connectivity index (χ0) is 45.3. The number of fused-ring (bicyclic) bond motifs is 8. The summed E-state index contributed by atoms with van der Waals surface area (Å²) in [5.74, 6) is 0. The van der Waals surface area contributed by atoms with E-state index < -0.39 is 0 Å². The monoisotopic (exact) mass is 868 g/mol. The van der Waals surface area contributed by atoms with Crippen molar-refractivity contribution in [1.29, 1.82) is 0 Å². The predicted molar refractivity (Wildman–Crippen MR) is 291 cm³/mol. The van der Waals surface area contributed by atoms with Crippen LogP contribution in [0.3, 0.4) is 0 Å². The van der Waals surface area contributed by atoms with Crippen molar-refractivity contribution >= 4 is 65.2 Å².